The fourth-order valence-electron chi connectivity index (χ4n) is 7.74. The van der Waals surface area contributed by atoms with Crippen molar-refractivity contribution in [1.82, 2.24) is 19.9 Å². The Balaban J connectivity index is 1.10. The number of hydrogen-bond donors (Lipinski definition) is 1. The number of piperidine rings is 1. The van der Waals surface area contributed by atoms with Gasteiger partial charge in [-0.2, -0.15) is 0 Å². The molecule has 4 atom stereocenters. The van der Waals surface area contributed by atoms with Gasteiger partial charge in [0, 0.05) is 56.3 Å². The van der Waals surface area contributed by atoms with Gasteiger partial charge in [-0.25, -0.2) is 13.6 Å². The van der Waals surface area contributed by atoms with E-state index in [1.807, 2.05) is 23.1 Å². The fourth-order valence-corrected chi connectivity index (χ4v) is 8.16. The third kappa shape index (κ3) is 7.47. The van der Waals surface area contributed by atoms with Gasteiger partial charge in [-0.3, -0.25) is 9.78 Å². The third-order valence-corrected chi connectivity index (χ3v) is 11.1. The Labute approximate surface area is 309 Å². The Morgan fingerprint density at radius 2 is 1.83 bits per heavy atom. The Bertz CT molecular complexity index is 1940. The summed E-state index contributed by atoms with van der Waals surface area (Å²) in [4.78, 5) is 35.1. The number of carbonyl (C=O) groups excluding carboxylic acids is 1. The lowest BCUT2D eigenvalue weighted by atomic mass is 9.75. The molecule has 2 aromatic carbocycles. The summed E-state index contributed by atoms with van der Waals surface area (Å²) in [5.74, 6) is -1.56. The molecule has 7 rings (SSSR count). The molecule has 4 aromatic rings. The van der Waals surface area contributed by atoms with E-state index < -0.39 is 29.7 Å². The number of ether oxygens (including phenoxy) is 2. The van der Waals surface area contributed by atoms with E-state index in [9.17, 15) is 23.5 Å². The number of aromatic nitrogens is 2. The maximum Gasteiger partial charge on any atom is 0.407 e. The molecule has 3 fully saturated rings. The molecule has 3 unspecified atom stereocenters. The SMILES string of the molecule is COCCCc1cc(CN(C(=O)C2C(c3ccc(OCc4cc(-c5c(F)ccc(F)c5Cl)no4)cc3)C[C@@H]3CCC2N3C(=O)O)C2CC2)c(Cl)cn1. The van der Waals surface area contributed by atoms with Gasteiger partial charge in [-0.05, 0) is 92.3 Å². The maximum atomic E-state index is 14.8. The number of amides is 2. The number of carbonyl (C=O) groups is 2. The monoisotopic (exact) mass is 754 g/mol. The lowest BCUT2D eigenvalue weighted by molar-refractivity contribution is -0.141. The predicted molar refractivity (Wildman–Crippen MR) is 188 cm³/mol. The van der Waals surface area contributed by atoms with Crippen LogP contribution in [-0.2, 0) is 29.1 Å². The molecule has 274 valence electrons. The van der Waals surface area contributed by atoms with Crippen LogP contribution in [0.1, 0.15) is 67.0 Å². The molecule has 3 aliphatic rings. The van der Waals surface area contributed by atoms with Gasteiger partial charge in [0.25, 0.3) is 0 Å². The van der Waals surface area contributed by atoms with Gasteiger partial charge < -0.3 is 28.9 Å². The normalized spacial score (nSPS) is 21.0. The minimum atomic E-state index is -0.999. The van der Waals surface area contributed by atoms with Crippen molar-refractivity contribution in [1.29, 1.82) is 0 Å². The number of methoxy groups -OCH3 is 1. The van der Waals surface area contributed by atoms with Gasteiger partial charge in [-0.15, -0.1) is 0 Å². The summed E-state index contributed by atoms with van der Waals surface area (Å²) in [7, 11) is 1.66. The van der Waals surface area contributed by atoms with Crippen LogP contribution in [0.25, 0.3) is 11.3 Å². The van der Waals surface area contributed by atoms with Crippen molar-refractivity contribution in [3.8, 4) is 17.0 Å². The number of carboxylic acid groups (broad SMARTS) is 1. The summed E-state index contributed by atoms with van der Waals surface area (Å²) in [5.41, 5.74) is 2.47. The number of benzene rings is 2. The number of aryl methyl sites for hydroxylation is 1. The summed E-state index contributed by atoms with van der Waals surface area (Å²) in [6, 6.07) is 12.2. The summed E-state index contributed by atoms with van der Waals surface area (Å²) in [6.45, 7) is 0.900. The van der Waals surface area contributed by atoms with Gasteiger partial charge >= 0.3 is 6.09 Å². The molecule has 2 aromatic heterocycles. The van der Waals surface area contributed by atoms with Gasteiger partial charge in [0.2, 0.25) is 5.91 Å². The predicted octanol–water partition coefficient (Wildman–Crippen LogP) is 8.29. The van der Waals surface area contributed by atoms with Gasteiger partial charge in [0.1, 0.15) is 29.7 Å². The van der Waals surface area contributed by atoms with Crippen LogP contribution in [0.15, 0.2) is 59.3 Å². The van der Waals surface area contributed by atoms with Crippen LogP contribution in [-0.4, -0.2) is 68.9 Å². The van der Waals surface area contributed by atoms with E-state index >= 15 is 0 Å². The third-order valence-electron chi connectivity index (χ3n) is 10.4. The molecule has 2 bridgehead atoms. The van der Waals surface area contributed by atoms with Gasteiger partial charge in [0.05, 0.1) is 21.5 Å². The van der Waals surface area contributed by atoms with Crippen LogP contribution in [0, 0.1) is 17.6 Å². The smallest absolute Gasteiger partial charge is 0.407 e. The number of rotatable bonds is 13. The van der Waals surface area contributed by atoms with Crippen molar-refractivity contribution in [3.05, 3.63) is 99.0 Å². The van der Waals surface area contributed by atoms with Gasteiger partial charge in [0.15, 0.2) is 5.76 Å². The summed E-state index contributed by atoms with van der Waals surface area (Å²) >= 11 is 12.6. The highest BCUT2D eigenvalue weighted by Gasteiger charge is 2.54. The number of fused-ring (bicyclic) bond motifs is 2. The molecule has 10 nitrogen and oxygen atoms in total. The van der Waals surface area contributed by atoms with E-state index in [-0.39, 0.29) is 52.6 Å². The van der Waals surface area contributed by atoms with Crippen molar-refractivity contribution in [2.24, 2.45) is 5.92 Å². The first kappa shape index (κ1) is 36.1. The largest absolute Gasteiger partial charge is 0.486 e. The molecule has 4 heterocycles. The topological polar surface area (TPSA) is 118 Å². The molecule has 1 saturated carbocycles. The first-order valence-electron chi connectivity index (χ1n) is 17.4. The minimum absolute atomic E-state index is 0.0365. The first-order valence-corrected chi connectivity index (χ1v) is 18.1. The molecule has 0 spiro atoms. The average Bonchev–Trinajstić information content (AvgIpc) is 3.79. The van der Waals surface area contributed by atoms with Crippen LogP contribution < -0.4 is 4.74 Å². The van der Waals surface area contributed by atoms with Gasteiger partial charge in [-0.1, -0.05) is 40.5 Å². The zero-order valence-corrected chi connectivity index (χ0v) is 30.0. The first-order chi connectivity index (χ1) is 25.1. The molecule has 1 aliphatic carbocycles. The average molecular weight is 756 g/mol. The molecule has 2 saturated heterocycles. The second-order valence-electron chi connectivity index (χ2n) is 13.7. The number of nitrogens with zero attached hydrogens (tertiary/aromatic N) is 4. The maximum absolute atomic E-state index is 14.8. The molecule has 0 radical (unpaired) electrons. The molecule has 52 heavy (non-hydrogen) atoms. The van der Waals surface area contributed by atoms with Crippen LogP contribution in [0.5, 0.6) is 5.75 Å². The second kappa shape index (κ2) is 15.4. The van der Waals surface area contributed by atoms with Crippen molar-refractivity contribution in [3.63, 3.8) is 0 Å². The van der Waals surface area contributed by atoms with E-state index in [0.717, 1.165) is 54.6 Å². The lowest BCUT2D eigenvalue weighted by Gasteiger charge is -2.44. The Morgan fingerprint density at radius 1 is 1.06 bits per heavy atom. The van der Waals surface area contributed by atoms with Crippen molar-refractivity contribution < 1.29 is 37.5 Å². The Kier molecular flexibility index (Phi) is 10.7. The van der Waals surface area contributed by atoms with Crippen molar-refractivity contribution in [2.75, 3.05) is 13.7 Å². The fraction of sp³-hybridized carbons (Fsp3) is 0.421. The van der Waals surface area contributed by atoms with Crippen LogP contribution >= 0.6 is 23.2 Å². The van der Waals surface area contributed by atoms with Crippen LogP contribution in [0.4, 0.5) is 13.6 Å². The van der Waals surface area contributed by atoms with Crippen LogP contribution in [0.2, 0.25) is 10.0 Å². The summed E-state index contributed by atoms with van der Waals surface area (Å²) < 4.78 is 44.8. The van der Waals surface area contributed by atoms with E-state index in [0.29, 0.717) is 43.2 Å². The lowest BCUT2D eigenvalue weighted by Crippen LogP contribution is -2.55. The van der Waals surface area contributed by atoms with Crippen molar-refractivity contribution >= 4 is 35.2 Å². The van der Waals surface area contributed by atoms with Crippen molar-refractivity contribution in [2.45, 2.75) is 82.1 Å². The molecule has 1 N–H and O–H groups in total. The molecule has 2 aliphatic heterocycles. The highest BCUT2D eigenvalue weighted by molar-refractivity contribution is 6.33. The molecular weight excluding hydrogens is 717 g/mol. The van der Waals surface area contributed by atoms with E-state index in [1.165, 1.54) is 11.0 Å². The standard InChI is InChI=1S/C38H38Cl2F2N4O6/c1-50-14-2-3-23-15-22(29(39)18-43-23)19-45(24-6-7-24)37(47)34-28(16-25-8-13-33(34)46(25)38(48)49)21-4-9-26(10-5-21)51-20-27-17-32(44-52-27)35-30(41)11-12-31(42)36(35)40/h4-5,9-12,15,17-18,24-25,28,33-34H,2-3,6-8,13-14,16,19-20H2,1H3,(H,48,49)/t25-,28?,33?,34?/m0/s1. The zero-order valence-electron chi connectivity index (χ0n) is 28.4. The summed E-state index contributed by atoms with van der Waals surface area (Å²) in [5, 5.41) is 14.2. The van der Waals surface area contributed by atoms with Crippen LogP contribution in [0.3, 0.4) is 0 Å². The van der Waals surface area contributed by atoms with E-state index in [1.54, 1.807) is 25.4 Å². The molecule has 14 heteroatoms. The quantitative estimate of drug-likeness (QED) is 0.107. The molecular formula is C38H38Cl2F2N4O6. The Hall–Kier alpha value is -4.26. The number of hydrogen-bond acceptors (Lipinski definition) is 7. The minimum Gasteiger partial charge on any atom is -0.486 e. The van der Waals surface area contributed by atoms with E-state index in [2.05, 4.69) is 10.1 Å². The van der Waals surface area contributed by atoms with E-state index in [4.69, 9.17) is 37.2 Å². The zero-order chi connectivity index (χ0) is 36.5. The summed E-state index contributed by atoms with van der Waals surface area (Å²) in [6.07, 6.45) is 5.78. The second-order valence-corrected chi connectivity index (χ2v) is 14.5. The number of halogens is 4. The highest BCUT2D eigenvalue weighted by atomic mass is 35.5. The molecule has 2 amide bonds. The highest BCUT2D eigenvalue weighted by Crippen LogP contribution is 2.49. The number of pyridine rings is 1. The Morgan fingerprint density at radius 3 is 2.56 bits per heavy atom.